The van der Waals surface area contributed by atoms with Gasteiger partial charge >= 0.3 is 0 Å². The van der Waals surface area contributed by atoms with E-state index in [-0.39, 0.29) is 18.2 Å². The van der Waals surface area contributed by atoms with Crippen LogP contribution in [0.4, 0.5) is 10.8 Å². The van der Waals surface area contributed by atoms with Gasteiger partial charge in [-0.15, -0.1) is 11.3 Å². The van der Waals surface area contributed by atoms with Crippen molar-refractivity contribution in [3.8, 4) is 11.5 Å². The number of carbonyl (C=O) groups excluding carboxylic acids is 2. The summed E-state index contributed by atoms with van der Waals surface area (Å²) in [6.07, 6.45) is 0.109. The average Bonchev–Trinajstić information content (AvgIpc) is 3.16. The number of amides is 2. The molecule has 156 valence electrons. The van der Waals surface area contributed by atoms with Gasteiger partial charge in [-0.3, -0.25) is 14.9 Å². The largest absolute Gasteiger partial charge is 0.493 e. The van der Waals surface area contributed by atoms with Gasteiger partial charge in [-0.05, 0) is 48.9 Å². The second-order valence-corrected chi connectivity index (χ2v) is 8.13. The number of nitrogens with one attached hydrogen (secondary N) is 2. The molecule has 3 rings (SSSR count). The third kappa shape index (κ3) is 5.37. The smallest absolute Gasteiger partial charge is 0.257 e. The fraction of sp³-hybridized carbons (Fsp3) is 0.190. The molecule has 0 spiro atoms. The normalized spacial score (nSPS) is 10.4. The number of anilines is 2. The first kappa shape index (κ1) is 21.8. The Morgan fingerprint density at radius 3 is 2.53 bits per heavy atom. The van der Waals surface area contributed by atoms with Gasteiger partial charge in [0, 0.05) is 21.1 Å². The van der Waals surface area contributed by atoms with Crippen molar-refractivity contribution in [1.29, 1.82) is 0 Å². The van der Waals surface area contributed by atoms with E-state index in [1.165, 1.54) is 25.6 Å². The molecule has 0 saturated heterocycles. The van der Waals surface area contributed by atoms with Gasteiger partial charge in [-0.25, -0.2) is 4.98 Å². The molecule has 0 aliphatic heterocycles. The molecule has 0 aliphatic rings. The number of hydrogen-bond acceptors (Lipinski definition) is 6. The lowest BCUT2D eigenvalue weighted by Crippen LogP contribution is -2.16. The second kappa shape index (κ2) is 9.73. The van der Waals surface area contributed by atoms with E-state index < -0.39 is 0 Å². The summed E-state index contributed by atoms with van der Waals surface area (Å²) in [5.41, 5.74) is 2.70. The Balaban J connectivity index is 1.62. The van der Waals surface area contributed by atoms with Crippen molar-refractivity contribution in [1.82, 2.24) is 4.98 Å². The van der Waals surface area contributed by atoms with Crippen molar-refractivity contribution in [2.75, 3.05) is 24.9 Å². The van der Waals surface area contributed by atoms with Gasteiger partial charge < -0.3 is 14.8 Å². The van der Waals surface area contributed by atoms with E-state index >= 15 is 0 Å². The Morgan fingerprint density at radius 2 is 1.83 bits per heavy atom. The van der Waals surface area contributed by atoms with Crippen molar-refractivity contribution >= 4 is 49.9 Å². The monoisotopic (exact) mass is 489 g/mol. The molecule has 2 aromatic carbocycles. The van der Waals surface area contributed by atoms with Gasteiger partial charge in [-0.2, -0.15) is 0 Å². The van der Waals surface area contributed by atoms with E-state index in [0.29, 0.717) is 27.9 Å². The van der Waals surface area contributed by atoms with Crippen LogP contribution in [0.15, 0.2) is 46.3 Å². The number of aromatic nitrogens is 1. The van der Waals surface area contributed by atoms with Crippen LogP contribution < -0.4 is 20.1 Å². The molecule has 1 heterocycles. The molecule has 9 heteroatoms. The molecule has 0 bridgehead atoms. The highest BCUT2D eigenvalue weighted by atomic mass is 79.9. The number of carbonyl (C=O) groups is 2. The zero-order valence-corrected chi connectivity index (χ0v) is 19.0. The Kier molecular flexibility index (Phi) is 7.07. The van der Waals surface area contributed by atoms with Crippen LogP contribution >= 0.6 is 27.3 Å². The van der Waals surface area contributed by atoms with Crippen LogP contribution in [0, 0.1) is 6.92 Å². The Morgan fingerprint density at radius 1 is 1.07 bits per heavy atom. The van der Waals surface area contributed by atoms with Gasteiger partial charge in [-0.1, -0.05) is 15.9 Å². The van der Waals surface area contributed by atoms with Crippen molar-refractivity contribution in [2.24, 2.45) is 0 Å². The van der Waals surface area contributed by atoms with Crippen LogP contribution in [0.2, 0.25) is 0 Å². The predicted octanol–water partition coefficient (Wildman–Crippen LogP) is 4.66. The molecule has 0 radical (unpaired) electrons. The van der Waals surface area contributed by atoms with Gasteiger partial charge in [0.05, 0.1) is 26.3 Å². The lowest BCUT2D eigenvalue weighted by Gasteiger charge is -2.09. The minimum absolute atomic E-state index is 0.109. The summed E-state index contributed by atoms with van der Waals surface area (Å²) in [5, 5.41) is 7.78. The first-order valence-electron chi connectivity index (χ1n) is 8.93. The van der Waals surface area contributed by atoms with Crippen LogP contribution in [0.5, 0.6) is 11.5 Å². The predicted molar refractivity (Wildman–Crippen MR) is 121 cm³/mol. The van der Waals surface area contributed by atoms with E-state index in [0.717, 1.165) is 15.7 Å². The van der Waals surface area contributed by atoms with Gasteiger partial charge in [0.1, 0.15) is 0 Å². The Hall–Kier alpha value is -2.91. The standard InChI is InChI=1S/C21H20BrN3O4S/c1-12-8-14(22)5-6-16(12)24-19(26)10-15-11-30-21(23-15)25-20(27)13-4-7-17(28-2)18(9-13)29-3/h4-9,11H,10H2,1-3H3,(H,24,26)(H,23,25,27). The summed E-state index contributed by atoms with van der Waals surface area (Å²) in [6.45, 7) is 1.92. The highest BCUT2D eigenvalue weighted by molar-refractivity contribution is 9.10. The number of thiazole rings is 1. The SMILES string of the molecule is COc1ccc(C(=O)Nc2nc(CC(=O)Nc3ccc(Br)cc3C)cs2)cc1OC. The molecule has 2 amide bonds. The Bertz CT molecular complexity index is 1080. The molecule has 0 atom stereocenters. The first-order chi connectivity index (χ1) is 14.4. The van der Waals surface area contributed by atoms with Crippen molar-refractivity contribution in [3.05, 3.63) is 63.1 Å². The summed E-state index contributed by atoms with van der Waals surface area (Å²) in [5.74, 6) is 0.498. The minimum Gasteiger partial charge on any atom is -0.493 e. The molecule has 0 unspecified atom stereocenters. The van der Waals surface area contributed by atoms with E-state index in [4.69, 9.17) is 9.47 Å². The molecule has 3 aromatic rings. The third-order valence-corrected chi connectivity index (χ3v) is 5.52. The molecule has 0 aliphatic carbocycles. The zero-order valence-electron chi connectivity index (χ0n) is 16.6. The number of aryl methyl sites for hydroxylation is 1. The maximum atomic E-state index is 12.5. The number of rotatable bonds is 7. The first-order valence-corrected chi connectivity index (χ1v) is 10.6. The number of hydrogen-bond donors (Lipinski definition) is 2. The molecule has 0 saturated carbocycles. The summed E-state index contributed by atoms with van der Waals surface area (Å²) in [7, 11) is 3.04. The van der Waals surface area contributed by atoms with E-state index in [1.807, 2.05) is 25.1 Å². The second-order valence-electron chi connectivity index (χ2n) is 6.35. The van der Waals surface area contributed by atoms with Crippen LogP contribution in [0.3, 0.4) is 0 Å². The molecular weight excluding hydrogens is 470 g/mol. The van der Waals surface area contributed by atoms with Crippen molar-refractivity contribution in [3.63, 3.8) is 0 Å². The topological polar surface area (TPSA) is 89.5 Å². The number of methoxy groups -OCH3 is 2. The lowest BCUT2D eigenvalue weighted by atomic mass is 10.2. The van der Waals surface area contributed by atoms with Crippen molar-refractivity contribution < 1.29 is 19.1 Å². The highest BCUT2D eigenvalue weighted by Crippen LogP contribution is 2.28. The maximum Gasteiger partial charge on any atom is 0.257 e. The Labute approximate surface area is 186 Å². The minimum atomic E-state index is -0.327. The molecular formula is C21H20BrN3O4S. The average molecular weight is 490 g/mol. The lowest BCUT2D eigenvalue weighted by molar-refractivity contribution is -0.115. The maximum absolute atomic E-state index is 12.5. The fourth-order valence-corrected chi connectivity index (χ4v) is 3.90. The number of ether oxygens (including phenoxy) is 2. The van der Waals surface area contributed by atoms with Crippen LogP contribution in [0.25, 0.3) is 0 Å². The third-order valence-electron chi connectivity index (χ3n) is 4.22. The fourth-order valence-electron chi connectivity index (χ4n) is 2.72. The quantitative estimate of drug-likeness (QED) is 0.503. The molecule has 30 heavy (non-hydrogen) atoms. The van der Waals surface area contributed by atoms with E-state index in [2.05, 4.69) is 31.5 Å². The van der Waals surface area contributed by atoms with Crippen LogP contribution in [0.1, 0.15) is 21.6 Å². The summed E-state index contributed by atoms with van der Waals surface area (Å²) >= 11 is 4.66. The van der Waals surface area contributed by atoms with Gasteiger partial charge in [0.25, 0.3) is 5.91 Å². The molecule has 2 N–H and O–H groups in total. The van der Waals surface area contributed by atoms with Gasteiger partial charge in [0.2, 0.25) is 5.91 Å². The molecule has 0 fully saturated rings. The summed E-state index contributed by atoms with van der Waals surface area (Å²) < 4.78 is 11.4. The van der Waals surface area contributed by atoms with E-state index in [1.54, 1.807) is 23.6 Å². The van der Waals surface area contributed by atoms with E-state index in [9.17, 15) is 9.59 Å². The molecule has 1 aromatic heterocycles. The van der Waals surface area contributed by atoms with Crippen molar-refractivity contribution in [2.45, 2.75) is 13.3 Å². The number of halogens is 1. The highest BCUT2D eigenvalue weighted by Gasteiger charge is 2.14. The zero-order chi connectivity index (χ0) is 21.7. The van der Waals surface area contributed by atoms with Gasteiger partial charge in [0.15, 0.2) is 16.6 Å². The van der Waals surface area contributed by atoms with Crippen LogP contribution in [-0.2, 0) is 11.2 Å². The summed E-state index contributed by atoms with van der Waals surface area (Å²) in [6, 6.07) is 10.5. The molecule has 7 nitrogen and oxygen atoms in total. The number of benzene rings is 2. The summed E-state index contributed by atoms with van der Waals surface area (Å²) in [4.78, 5) is 29.2. The van der Waals surface area contributed by atoms with Crippen LogP contribution in [-0.4, -0.2) is 31.0 Å². The number of nitrogens with zero attached hydrogens (tertiary/aromatic N) is 1.